The van der Waals surface area contributed by atoms with Crippen molar-refractivity contribution >= 4 is 29.5 Å². The van der Waals surface area contributed by atoms with Crippen molar-refractivity contribution in [2.75, 3.05) is 6.54 Å². The topological polar surface area (TPSA) is 191 Å². The van der Waals surface area contributed by atoms with E-state index in [1.165, 1.54) is 24.2 Å². The van der Waals surface area contributed by atoms with E-state index in [2.05, 4.69) is 16.0 Å². The minimum atomic E-state index is -1.88. The van der Waals surface area contributed by atoms with E-state index in [9.17, 15) is 34.2 Å². The van der Waals surface area contributed by atoms with Crippen molar-refractivity contribution in [1.29, 1.82) is 0 Å². The molecule has 5 amide bonds. The molecule has 7 N–H and O–H groups in total. The maximum Gasteiger partial charge on any atom is 0.315 e. The van der Waals surface area contributed by atoms with Gasteiger partial charge in [-0.05, 0) is 93.8 Å². The van der Waals surface area contributed by atoms with Crippen LogP contribution in [0, 0.1) is 35.5 Å². The lowest BCUT2D eigenvalue weighted by Gasteiger charge is -2.56. The van der Waals surface area contributed by atoms with Gasteiger partial charge >= 0.3 is 6.03 Å². The van der Waals surface area contributed by atoms with Crippen molar-refractivity contribution in [1.82, 2.24) is 20.9 Å². The molecule has 0 aromatic heterocycles. The summed E-state index contributed by atoms with van der Waals surface area (Å²) in [6, 6.07) is -3.64. The first-order valence-electron chi connectivity index (χ1n) is 16.9. The average Bonchev–Trinajstić information content (AvgIpc) is 3.67. The molecular formula is C32H49N5O7. The molecule has 0 aromatic carbocycles. The SMILES string of the molecule is NC(=O)C(=O)C(CC1CC1)NC(=O)C1C(C(O)O)CCN1C(=O)[C@@H](NC(=O)NC12CC3CC(CC(C3)C1)C2)C1CCCCC1. The monoisotopic (exact) mass is 615 g/mol. The summed E-state index contributed by atoms with van der Waals surface area (Å²) in [6.45, 7) is 0.0950. The second kappa shape index (κ2) is 12.6. The maximum atomic E-state index is 14.3. The number of likely N-dealkylation sites (tertiary alicyclic amines) is 1. The first-order valence-corrected chi connectivity index (χ1v) is 16.9. The van der Waals surface area contributed by atoms with Crippen LogP contribution in [-0.2, 0) is 19.2 Å². The van der Waals surface area contributed by atoms with Gasteiger partial charge in [0.2, 0.25) is 17.6 Å². The first kappa shape index (κ1) is 31.3. The minimum absolute atomic E-state index is 0.0950. The van der Waals surface area contributed by atoms with Gasteiger partial charge in [-0.15, -0.1) is 0 Å². The third kappa shape index (κ3) is 6.61. The molecule has 4 bridgehead atoms. The van der Waals surface area contributed by atoms with Gasteiger partial charge in [-0.1, -0.05) is 32.1 Å². The number of nitrogens with zero attached hydrogens (tertiary/aromatic N) is 1. The molecule has 244 valence electrons. The second-order valence-corrected chi connectivity index (χ2v) is 15.0. The number of Topliss-reactive ketones (excluding diaryl/α,β-unsaturated/α-hetero) is 1. The van der Waals surface area contributed by atoms with Gasteiger partial charge in [-0.25, -0.2) is 4.79 Å². The summed E-state index contributed by atoms with van der Waals surface area (Å²) in [5.74, 6) is -2.19. The third-order valence-electron chi connectivity index (χ3n) is 11.6. The number of rotatable bonds is 11. The summed E-state index contributed by atoms with van der Waals surface area (Å²) in [4.78, 5) is 67.3. The molecule has 3 unspecified atom stereocenters. The standard InChI is InChI=1S/C32H49N5O7/c33-27(39)26(38)23(13-17-6-7-17)34-28(40)25-22(30(42)43)8-9-37(25)29(41)24(21-4-2-1-3-5-21)35-31(44)36-32-14-18-10-19(15-32)12-20(11-18)16-32/h17-25,30,42-43H,1-16H2,(H2,33,39)(H,34,40)(H2,35,36,44)/t18?,19?,20?,22?,23?,24-,25?,32?/m0/s1. The van der Waals surface area contributed by atoms with Crippen molar-refractivity contribution in [3.8, 4) is 0 Å². The number of amides is 5. The fourth-order valence-corrected chi connectivity index (χ4v) is 9.77. The Morgan fingerprint density at radius 2 is 1.45 bits per heavy atom. The first-order chi connectivity index (χ1) is 21.0. The van der Waals surface area contributed by atoms with Crippen LogP contribution in [0.5, 0.6) is 0 Å². The molecule has 7 rings (SSSR count). The van der Waals surface area contributed by atoms with Gasteiger partial charge in [-0.2, -0.15) is 0 Å². The fourth-order valence-electron chi connectivity index (χ4n) is 9.77. The number of aliphatic hydroxyl groups excluding tert-OH is 1. The lowest BCUT2D eigenvalue weighted by atomic mass is 9.53. The van der Waals surface area contributed by atoms with Crippen LogP contribution in [0.25, 0.3) is 0 Å². The summed E-state index contributed by atoms with van der Waals surface area (Å²) in [6.07, 6.45) is 11.4. The van der Waals surface area contributed by atoms with Crippen LogP contribution in [0.1, 0.15) is 96.3 Å². The number of aliphatic hydroxyl groups is 2. The van der Waals surface area contributed by atoms with Crippen LogP contribution >= 0.6 is 0 Å². The molecule has 12 heteroatoms. The third-order valence-corrected chi connectivity index (χ3v) is 11.6. The Labute approximate surface area is 258 Å². The van der Waals surface area contributed by atoms with Gasteiger partial charge in [-0.3, -0.25) is 19.2 Å². The second-order valence-electron chi connectivity index (χ2n) is 15.0. The number of carbonyl (C=O) groups is 5. The number of nitrogens with two attached hydrogens (primary N) is 1. The Hall–Kier alpha value is -2.73. The van der Waals surface area contributed by atoms with Crippen LogP contribution in [0.3, 0.4) is 0 Å². The smallest absolute Gasteiger partial charge is 0.315 e. The van der Waals surface area contributed by atoms with E-state index in [1.54, 1.807) is 0 Å². The van der Waals surface area contributed by atoms with Gasteiger partial charge in [0.1, 0.15) is 12.1 Å². The highest BCUT2D eigenvalue weighted by Gasteiger charge is 2.53. The Morgan fingerprint density at radius 1 is 0.841 bits per heavy atom. The molecule has 1 aliphatic heterocycles. The quantitative estimate of drug-likeness (QED) is 0.148. The van der Waals surface area contributed by atoms with E-state index >= 15 is 0 Å². The Morgan fingerprint density at radius 3 is 2.00 bits per heavy atom. The number of hydrogen-bond acceptors (Lipinski definition) is 7. The maximum absolute atomic E-state index is 14.3. The van der Waals surface area contributed by atoms with Gasteiger partial charge in [0.25, 0.3) is 5.91 Å². The van der Waals surface area contributed by atoms with Crippen molar-refractivity contribution in [2.45, 2.75) is 126 Å². The molecule has 0 radical (unpaired) electrons. The van der Waals surface area contributed by atoms with Crippen LogP contribution in [0.4, 0.5) is 4.79 Å². The van der Waals surface area contributed by atoms with E-state index in [4.69, 9.17) is 5.73 Å². The highest BCUT2D eigenvalue weighted by atomic mass is 16.5. The number of hydrogen-bond donors (Lipinski definition) is 6. The number of carbonyl (C=O) groups excluding carboxylic acids is 5. The highest BCUT2D eigenvalue weighted by molar-refractivity contribution is 6.37. The van der Waals surface area contributed by atoms with Crippen molar-refractivity contribution < 1.29 is 34.2 Å². The Kier molecular flexibility index (Phi) is 8.94. The van der Waals surface area contributed by atoms with E-state index in [1.807, 2.05) is 0 Å². The lowest BCUT2D eigenvalue weighted by molar-refractivity contribution is -0.148. The van der Waals surface area contributed by atoms with Gasteiger partial charge in [0.15, 0.2) is 6.29 Å². The van der Waals surface area contributed by atoms with Gasteiger partial charge in [0.05, 0.1) is 6.04 Å². The summed E-state index contributed by atoms with van der Waals surface area (Å²) < 4.78 is 0. The van der Waals surface area contributed by atoms with Crippen molar-refractivity contribution in [3.05, 3.63) is 0 Å². The molecule has 4 atom stereocenters. The van der Waals surface area contributed by atoms with Gasteiger partial charge in [0, 0.05) is 18.0 Å². The van der Waals surface area contributed by atoms with Crippen LogP contribution in [0.2, 0.25) is 0 Å². The molecule has 6 aliphatic carbocycles. The number of ketones is 1. The largest absolute Gasteiger partial charge is 0.368 e. The predicted octanol–water partition coefficient (Wildman–Crippen LogP) is 1.07. The number of nitrogens with one attached hydrogen (secondary N) is 3. The average molecular weight is 616 g/mol. The zero-order chi connectivity index (χ0) is 31.2. The van der Waals surface area contributed by atoms with Crippen LogP contribution < -0.4 is 21.7 Å². The molecule has 1 heterocycles. The van der Waals surface area contributed by atoms with E-state index in [-0.39, 0.29) is 42.8 Å². The van der Waals surface area contributed by atoms with Crippen LogP contribution in [-0.4, -0.2) is 81.1 Å². The minimum Gasteiger partial charge on any atom is -0.368 e. The molecule has 7 aliphatic rings. The fraction of sp³-hybridized carbons (Fsp3) is 0.844. The lowest BCUT2D eigenvalue weighted by Crippen LogP contribution is -2.64. The van der Waals surface area contributed by atoms with Crippen LogP contribution in [0.15, 0.2) is 0 Å². The van der Waals surface area contributed by atoms with E-state index < -0.39 is 53.8 Å². The van der Waals surface area contributed by atoms with Crippen molar-refractivity contribution in [3.63, 3.8) is 0 Å². The van der Waals surface area contributed by atoms with E-state index in [0.29, 0.717) is 17.8 Å². The predicted molar refractivity (Wildman–Crippen MR) is 158 cm³/mol. The summed E-state index contributed by atoms with van der Waals surface area (Å²) in [5.41, 5.74) is 5.03. The molecule has 6 saturated carbocycles. The zero-order valence-electron chi connectivity index (χ0n) is 25.5. The summed E-state index contributed by atoms with van der Waals surface area (Å²) in [7, 11) is 0. The molecule has 44 heavy (non-hydrogen) atoms. The molecule has 0 spiro atoms. The summed E-state index contributed by atoms with van der Waals surface area (Å²) in [5, 5.41) is 29.4. The number of primary amides is 1. The van der Waals surface area contributed by atoms with Gasteiger partial charge < -0.3 is 36.8 Å². The molecule has 12 nitrogen and oxygen atoms in total. The Bertz CT molecular complexity index is 1110. The zero-order valence-corrected chi connectivity index (χ0v) is 25.5. The number of urea groups is 1. The molecular weight excluding hydrogens is 566 g/mol. The highest BCUT2D eigenvalue weighted by Crippen LogP contribution is 2.55. The molecule has 1 saturated heterocycles. The summed E-state index contributed by atoms with van der Waals surface area (Å²) >= 11 is 0. The normalized spacial score (nSPS) is 34.4. The molecule has 7 fully saturated rings. The Balaban J connectivity index is 1.20. The molecule has 0 aromatic rings. The van der Waals surface area contributed by atoms with Crippen molar-refractivity contribution in [2.24, 2.45) is 41.2 Å². The van der Waals surface area contributed by atoms with E-state index in [0.717, 1.165) is 64.2 Å².